The lowest BCUT2D eigenvalue weighted by molar-refractivity contribution is -0.932. The van der Waals surface area contributed by atoms with Crippen LogP contribution in [0.1, 0.15) is 60.8 Å². The van der Waals surface area contributed by atoms with Gasteiger partial charge < -0.3 is 5.32 Å². The summed E-state index contributed by atoms with van der Waals surface area (Å²) in [4.78, 5) is 13.1. The number of carbonyl (C=O) groups excluding carboxylic acids is 1. The zero-order valence-electron chi connectivity index (χ0n) is 17.0. The van der Waals surface area contributed by atoms with Gasteiger partial charge in [0, 0.05) is 29.3 Å². The van der Waals surface area contributed by atoms with E-state index in [1.54, 1.807) is 6.26 Å². The minimum atomic E-state index is -4.67. The molecule has 2 fully saturated rings. The highest BCUT2D eigenvalue weighted by atomic mass is 32.2. The maximum atomic E-state index is 14.0. The molecule has 0 saturated heterocycles. The lowest BCUT2D eigenvalue weighted by Crippen LogP contribution is -2.32. The molecular weight excluding hydrogens is 417 g/mol. The molecule has 0 bridgehead atoms. The Bertz CT molecular complexity index is 1000. The maximum absolute atomic E-state index is 14.0. The standard InChI is InChI=1S/C20H23F3N4O2S/c1-11-9-19(11,2)10-26-17(15(20(21,22)23)16(25-26)12-4-5-12)18(28)24-13-6-7-27(29)14(8-13)30-3/h6-8,11-12,29H,4-5,9-10H2,1-3H3/p+1. The first-order valence-corrected chi connectivity index (χ1v) is 11.0. The molecule has 10 heteroatoms. The first-order chi connectivity index (χ1) is 14.0. The van der Waals surface area contributed by atoms with Gasteiger partial charge >= 0.3 is 6.18 Å². The second kappa shape index (κ2) is 7.18. The Labute approximate surface area is 176 Å². The third-order valence-corrected chi connectivity index (χ3v) is 6.85. The van der Waals surface area contributed by atoms with Gasteiger partial charge in [-0.1, -0.05) is 25.6 Å². The number of hydrogen-bond acceptors (Lipinski definition) is 4. The molecule has 0 spiro atoms. The fourth-order valence-corrected chi connectivity index (χ4v) is 4.34. The highest BCUT2D eigenvalue weighted by Gasteiger charge is 2.50. The van der Waals surface area contributed by atoms with E-state index in [0.29, 0.717) is 29.5 Å². The van der Waals surface area contributed by atoms with Gasteiger partial charge in [-0.15, -0.1) is 0 Å². The molecule has 2 aliphatic carbocycles. The molecule has 2 N–H and O–H groups in total. The molecular formula is C20H24F3N4O2S+. The number of aromatic nitrogens is 3. The van der Waals surface area contributed by atoms with E-state index in [4.69, 9.17) is 0 Å². The summed E-state index contributed by atoms with van der Waals surface area (Å²) in [6, 6.07) is 2.93. The number of carbonyl (C=O) groups is 1. The van der Waals surface area contributed by atoms with Crippen LogP contribution < -0.4 is 10.0 Å². The van der Waals surface area contributed by atoms with Gasteiger partial charge in [-0.05, 0) is 36.9 Å². The Morgan fingerprint density at radius 2 is 2.13 bits per heavy atom. The Morgan fingerprint density at radius 1 is 1.47 bits per heavy atom. The number of nitrogens with zero attached hydrogens (tertiary/aromatic N) is 3. The van der Waals surface area contributed by atoms with Gasteiger partial charge in [0.25, 0.3) is 10.9 Å². The number of anilines is 1. The van der Waals surface area contributed by atoms with E-state index in [0.717, 1.165) is 11.2 Å². The van der Waals surface area contributed by atoms with Crippen molar-refractivity contribution < 1.29 is 27.9 Å². The van der Waals surface area contributed by atoms with Gasteiger partial charge in [0.15, 0.2) is 0 Å². The lowest BCUT2D eigenvalue weighted by atomic mass is 10.1. The third-order valence-electron chi connectivity index (χ3n) is 6.12. The number of rotatable bonds is 6. The van der Waals surface area contributed by atoms with Gasteiger partial charge in [-0.3, -0.25) is 14.7 Å². The second-order valence-corrected chi connectivity index (χ2v) is 9.38. The van der Waals surface area contributed by atoms with Crippen LogP contribution in [0.15, 0.2) is 23.4 Å². The van der Waals surface area contributed by atoms with Crippen LogP contribution in [-0.2, 0) is 12.7 Å². The molecule has 0 aromatic carbocycles. The second-order valence-electron chi connectivity index (χ2n) is 8.55. The predicted molar refractivity (Wildman–Crippen MR) is 105 cm³/mol. The van der Waals surface area contributed by atoms with Crippen LogP contribution in [-0.4, -0.2) is 27.2 Å². The molecule has 2 aromatic rings. The van der Waals surface area contributed by atoms with Crippen LogP contribution in [0.25, 0.3) is 0 Å². The van der Waals surface area contributed by atoms with E-state index in [1.165, 1.54) is 34.8 Å². The average molecular weight is 441 g/mol. The zero-order chi connectivity index (χ0) is 21.8. The molecule has 2 aliphatic rings. The first kappa shape index (κ1) is 21.0. The highest BCUT2D eigenvalue weighted by Crippen LogP contribution is 2.54. The van der Waals surface area contributed by atoms with Crippen LogP contribution in [0, 0.1) is 11.3 Å². The SMILES string of the molecule is CSc1cc(NC(=O)c2c(C(F)(F)F)c(C3CC3)nn2CC2(C)CC2C)cc[n+]1O. The summed E-state index contributed by atoms with van der Waals surface area (Å²) >= 11 is 1.24. The van der Waals surface area contributed by atoms with Gasteiger partial charge in [-0.25, -0.2) is 0 Å². The van der Waals surface area contributed by atoms with Crippen molar-refractivity contribution in [2.75, 3.05) is 11.6 Å². The summed E-state index contributed by atoms with van der Waals surface area (Å²) in [7, 11) is 0. The minimum Gasteiger partial charge on any atom is -0.320 e. The van der Waals surface area contributed by atoms with Crippen molar-refractivity contribution >= 4 is 23.4 Å². The Kier molecular flexibility index (Phi) is 5.03. The predicted octanol–water partition coefficient (Wildman–Crippen LogP) is 4.32. The number of hydrogen-bond donors (Lipinski definition) is 2. The fourth-order valence-electron chi connectivity index (χ4n) is 3.84. The van der Waals surface area contributed by atoms with E-state index in [1.807, 2.05) is 13.8 Å². The summed E-state index contributed by atoms with van der Waals surface area (Å²) in [5, 5.41) is 17.0. The molecule has 162 valence electrons. The highest BCUT2D eigenvalue weighted by molar-refractivity contribution is 7.98. The van der Waals surface area contributed by atoms with Crippen LogP contribution in [0.3, 0.4) is 0 Å². The lowest BCUT2D eigenvalue weighted by Gasteiger charge is -2.15. The monoisotopic (exact) mass is 441 g/mol. The Hall–Kier alpha value is -2.23. The molecule has 4 rings (SSSR count). The van der Waals surface area contributed by atoms with Crippen LogP contribution in [0.5, 0.6) is 0 Å². The van der Waals surface area contributed by atoms with E-state index in [9.17, 15) is 23.2 Å². The van der Waals surface area contributed by atoms with E-state index < -0.39 is 23.3 Å². The number of amides is 1. The van der Waals surface area contributed by atoms with Crippen LogP contribution in [0.4, 0.5) is 18.9 Å². The summed E-state index contributed by atoms with van der Waals surface area (Å²) in [5.41, 5.74) is -1.23. The molecule has 0 aliphatic heterocycles. The van der Waals surface area contributed by atoms with Gasteiger partial charge in [0.1, 0.15) is 11.3 Å². The number of thioether (sulfide) groups is 1. The van der Waals surface area contributed by atoms with E-state index in [-0.39, 0.29) is 23.6 Å². The number of pyridine rings is 1. The van der Waals surface area contributed by atoms with Crippen molar-refractivity contribution in [1.29, 1.82) is 0 Å². The quantitative estimate of drug-likeness (QED) is 0.398. The summed E-state index contributed by atoms with van der Waals surface area (Å²) in [6.07, 6.45) is 0.590. The largest absolute Gasteiger partial charge is 0.420 e. The maximum Gasteiger partial charge on any atom is 0.420 e. The van der Waals surface area contributed by atoms with Crippen molar-refractivity contribution in [3.8, 4) is 0 Å². The Morgan fingerprint density at radius 3 is 2.67 bits per heavy atom. The normalized spacial score (nSPS) is 23.5. The number of alkyl halides is 3. The van der Waals surface area contributed by atoms with Gasteiger partial charge in [-0.2, -0.15) is 18.3 Å². The van der Waals surface area contributed by atoms with Gasteiger partial charge in [0.2, 0.25) is 6.20 Å². The molecule has 2 aromatic heterocycles. The number of nitrogens with one attached hydrogen (secondary N) is 1. The molecule has 30 heavy (non-hydrogen) atoms. The molecule has 2 heterocycles. The van der Waals surface area contributed by atoms with Crippen molar-refractivity contribution in [3.05, 3.63) is 35.3 Å². The van der Waals surface area contributed by atoms with Crippen LogP contribution in [0.2, 0.25) is 0 Å². The van der Waals surface area contributed by atoms with Crippen molar-refractivity contribution in [2.24, 2.45) is 11.3 Å². The zero-order valence-corrected chi connectivity index (χ0v) is 17.8. The number of halogens is 3. The topological polar surface area (TPSA) is 71.0 Å². The average Bonchev–Trinajstić information content (AvgIpc) is 3.55. The molecule has 2 atom stereocenters. The first-order valence-electron chi connectivity index (χ1n) is 9.81. The smallest absolute Gasteiger partial charge is 0.320 e. The Balaban J connectivity index is 1.75. The van der Waals surface area contributed by atoms with Gasteiger partial charge in [0.05, 0.1) is 11.4 Å². The van der Waals surface area contributed by atoms with Crippen molar-refractivity contribution in [3.63, 3.8) is 0 Å². The van der Waals surface area contributed by atoms with Crippen molar-refractivity contribution in [1.82, 2.24) is 9.78 Å². The summed E-state index contributed by atoms with van der Waals surface area (Å²) < 4.78 is 44.2. The van der Waals surface area contributed by atoms with E-state index >= 15 is 0 Å². The summed E-state index contributed by atoms with van der Waals surface area (Å²) in [5.74, 6) is -0.719. The van der Waals surface area contributed by atoms with Crippen molar-refractivity contribution in [2.45, 2.75) is 56.8 Å². The molecule has 0 radical (unpaired) electrons. The fraction of sp³-hybridized carbons (Fsp3) is 0.550. The summed E-state index contributed by atoms with van der Waals surface area (Å²) in [6.45, 7) is 4.33. The molecule has 2 saturated carbocycles. The van der Waals surface area contributed by atoms with E-state index in [2.05, 4.69) is 10.4 Å². The van der Waals surface area contributed by atoms with Crippen LogP contribution >= 0.6 is 11.8 Å². The molecule has 2 unspecified atom stereocenters. The minimum absolute atomic E-state index is 0.0179. The third kappa shape index (κ3) is 3.89. The molecule has 6 nitrogen and oxygen atoms in total. The molecule has 1 amide bonds.